The van der Waals surface area contributed by atoms with E-state index in [-0.39, 0.29) is 23.4 Å². The van der Waals surface area contributed by atoms with E-state index in [1.807, 2.05) is 45.0 Å². The summed E-state index contributed by atoms with van der Waals surface area (Å²) in [5, 5.41) is 3.10. The minimum Gasteiger partial charge on any atom is -0.487 e. The van der Waals surface area contributed by atoms with Crippen molar-refractivity contribution in [2.45, 2.75) is 51.4 Å². The van der Waals surface area contributed by atoms with Crippen molar-refractivity contribution in [3.05, 3.63) is 59.9 Å². The van der Waals surface area contributed by atoms with Crippen molar-refractivity contribution in [3.63, 3.8) is 0 Å². The van der Waals surface area contributed by atoms with Crippen LogP contribution in [0.25, 0.3) is 0 Å². The lowest BCUT2D eigenvalue weighted by atomic mass is 9.89. The lowest BCUT2D eigenvalue weighted by Crippen LogP contribution is -2.45. The number of hydrogen-bond acceptors (Lipinski definition) is 3. The second kappa shape index (κ2) is 7.36. The van der Waals surface area contributed by atoms with Crippen molar-refractivity contribution >= 4 is 5.91 Å². The molecule has 5 heteroatoms. The van der Waals surface area contributed by atoms with Gasteiger partial charge in [-0.3, -0.25) is 4.79 Å². The minimum atomic E-state index is -0.640. The van der Waals surface area contributed by atoms with Crippen molar-refractivity contribution < 1.29 is 18.7 Å². The number of hydrogen-bond donors (Lipinski definition) is 1. The summed E-state index contributed by atoms with van der Waals surface area (Å²) in [5.74, 6) is 0.743. The van der Waals surface area contributed by atoms with E-state index < -0.39 is 6.10 Å². The normalized spacial score (nSPS) is 19.0. The van der Waals surface area contributed by atoms with Crippen LogP contribution in [0.2, 0.25) is 0 Å². The van der Waals surface area contributed by atoms with Crippen LogP contribution in [0.3, 0.4) is 0 Å². The fourth-order valence-corrected chi connectivity index (χ4v) is 3.20. The Kier molecular flexibility index (Phi) is 5.16. The number of carbonyl (C=O) groups is 1. The molecule has 0 bridgehead atoms. The van der Waals surface area contributed by atoms with Gasteiger partial charge in [-0.2, -0.15) is 0 Å². The third kappa shape index (κ3) is 4.15. The van der Waals surface area contributed by atoms with Crippen molar-refractivity contribution in [2.24, 2.45) is 0 Å². The summed E-state index contributed by atoms with van der Waals surface area (Å²) in [4.78, 5) is 12.8. The van der Waals surface area contributed by atoms with Crippen LogP contribution in [0.5, 0.6) is 11.5 Å². The third-order valence-corrected chi connectivity index (χ3v) is 4.45. The first-order valence-electron chi connectivity index (χ1n) is 8.88. The van der Waals surface area contributed by atoms with E-state index in [0.717, 1.165) is 11.3 Å². The third-order valence-electron chi connectivity index (χ3n) is 4.45. The molecule has 0 fully saturated rings. The number of rotatable bonds is 5. The first kappa shape index (κ1) is 18.2. The molecule has 1 N–H and O–H groups in total. The van der Waals surface area contributed by atoms with Crippen LogP contribution in [-0.2, 0) is 4.79 Å². The van der Waals surface area contributed by atoms with E-state index in [1.165, 1.54) is 24.3 Å². The van der Waals surface area contributed by atoms with Crippen LogP contribution in [0.4, 0.5) is 4.39 Å². The van der Waals surface area contributed by atoms with E-state index >= 15 is 0 Å². The highest BCUT2D eigenvalue weighted by Gasteiger charge is 2.35. The zero-order valence-electron chi connectivity index (χ0n) is 15.3. The van der Waals surface area contributed by atoms with Gasteiger partial charge in [-0.15, -0.1) is 0 Å². The molecular formula is C21H24FNO3. The van der Waals surface area contributed by atoms with E-state index in [1.54, 1.807) is 0 Å². The lowest BCUT2D eigenvalue weighted by molar-refractivity contribution is -0.129. The molecule has 4 nitrogen and oxygen atoms in total. The van der Waals surface area contributed by atoms with Crippen molar-refractivity contribution in [3.8, 4) is 11.5 Å². The standard InChI is InChI=1S/C21H24FNO3/c1-4-18(25-15-11-9-14(22)10-12-15)20(24)23-17-13-21(2,3)26-19-8-6-5-7-16(17)19/h5-12,17-18H,4,13H2,1-3H3,(H,23,24)/t17-,18+/m0/s1. The molecule has 0 aromatic heterocycles. The van der Waals surface area contributed by atoms with Crippen LogP contribution in [0, 0.1) is 5.82 Å². The van der Waals surface area contributed by atoms with Gasteiger partial charge in [0.25, 0.3) is 5.91 Å². The second-order valence-electron chi connectivity index (χ2n) is 7.13. The van der Waals surface area contributed by atoms with E-state index in [2.05, 4.69) is 5.32 Å². The van der Waals surface area contributed by atoms with E-state index in [9.17, 15) is 9.18 Å². The highest BCUT2D eigenvalue weighted by molar-refractivity contribution is 5.81. The van der Waals surface area contributed by atoms with Crippen molar-refractivity contribution in [2.75, 3.05) is 0 Å². The van der Waals surface area contributed by atoms with Crippen LogP contribution in [0.15, 0.2) is 48.5 Å². The molecule has 0 saturated carbocycles. The van der Waals surface area contributed by atoms with Crippen LogP contribution >= 0.6 is 0 Å². The molecule has 138 valence electrons. The summed E-state index contributed by atoms with van der Waals surface area (Å²) in [6.45, 7) is 5.90. The fraction of sp³-hybridized carbons (Fsp3) is 0.381. The molecular weight excluding hydrogens is 333 g/mol. The fourth-order valence-electron chi connectivity index (χ4n) is 3.20. The van der Waals surface area contributed by atoms with Gasteiger partial charge in [0.05, 0.1) is 6.04 Å². The molecule has 0 unspecified atom stereocenters. The molecule has 1 amide bonds. The average molecular weight is 357 g/mol. The summed E-state index contributed by atoms with van der Waals surface area (Å²) < 4.78 is 24.8. The molecule has 1 heterocycles. The summed E-state index contributed by atoms with van der Waals surface area (Å²) in [6.07, 6.45) is 0.541. The Hall–Kier alpha value is -2.56. The number of amides is 1. The lowest BCUT2D eigenvalue weighted by Gasteiger charge is -2.38. The van der Waals surface area contributed by atoms with Crippen LogP contribution < -0.4 is 14.8 Å². The number of para-hydroxylation sites is 1. The SMILES string of the molecule is CC[C@@H](Oc1ccc(F)cc1)C(=O)N[C@H]1CC(C)(C)Oc2ccccc21. The summed E-state index contributed by atoms with van der Waals surface area (Å²) in [6, 6.07) is 13.3. The van der Waals surface area contributed by atoms with Gasteiger partial charge >= 0.3 is 0 Å². The molecule has 1 aliphatic rings. The number of fused-ring (bicyclic) bond motifs is 1. The monoisotopic (exact) mass is 357 g/mol. The van der Waals surface area contributed by atoms with Gasteiger partial charge in [0.15, 0.2) is 6.10 Å². The Morgan fingerprint density at radius 2 is 1.96 bits per heavy atom. The van der Waals surface area contributed by atoms with Crippen LogP contribution in [-0.4, -0.2) is 17.6 Å². The molecule has 26 heavy (non-hydrogen) atoms. The average Bonchev–Trinajstić information content (AvgIpc) is 2.60. The van der Waals surface area contributed by atoms with Gasteiger partial charge in [0.1, 0.15) is 22.9 Å². The molecule has 0 aliphatic carbocycles. The van der Waals surface area contributed by atoms with Gasteiger partial charge in [0, 0.05) is 12.0 Å². The molecule has 0 spiro atoms. The summed E-state index contributed by atoms with van der Waals surface area (Å²) >= 11 is 0. The molecule has 3 rings (SSSR count). The summed E-state index contributed by atoms with van der Waals surface area (Å²) in [5.41, 5.74) is 0.600. The first-order chi connectivity index (χ1) is 12.4. The van der Waals surface area contributed by atoms with Crippen LogP contribution in [0.1, 0.15) is 45.2 Å². The molecule has 0 radical (unpaired) electrons. The highest BCUT2D eigenvalue weighted by atomic mass is 19.1. The van der Waals surface area contributed by atoms with E-state index in [4.69, 9.17) is 9.47 Å². The van der Waals surface area contributed by atoms with Gasteiger partial charge in [-0.05, 0) is 50.6 Å². The highest BCUT2D eigenvalue weighted by Crippen LogP contribution is 2.39. The Labute approximate surface area is 153 Å². The maximum atomic E-state index is 13.0. The number of nitrogens with one attached hydrogen (secondary N) is 1. The predicted octanol–water partition coefficient (Wildman–Crippen LogP) is 4.40. The second-order valence-corrected chi connectivity index (χ2v) is 7.13. The van der Waals surface area contributed by atoms with Crippen molar-refractivity contribution in [1.82, 2.24) is 5.32 Å². The Morgan fingerprint density at radius 3 is 2.65 bits per heavy atom. The smallest absolute Gasteiger partial charge is 0.261 e. The number of benzene rings is 2. The Bertz CT molecular complexity index is 773. The maximum absolute atomic E-state index is 13.0. The maximum Gasteiger partial charge on any atom is 0.261 e. The number of carbonyl (C=O) groups excluding carboxylic acids is 1. The van der Waals surface area contributed by atoms with Gasteiger partial charge in [-0.25, -0.2) is 4.39 Å². The summed E-state index contributed by atoms with van der Waals surface area (Å²) in [7, 11) is 0. The molecule has 1 aliphatic heterocycles. The zero-order valence-corrected chi connectivity index (χ0v) is 15.3. The van der Waals surface area contributed by atoms with Gasteiger partial charge < -0.3 is 14.8 Å². The minimum absolute atomic E-state index is 0.145. The Balaban J connectivity index is 1.74. The predicted molar refractivity (Wildman–Crippen MR) is 97.8 cm³/mol. The van der Waals surface area contributed by atoms with E-state index in [0.29, 0.717) is 18.6 Å². The van der Waals surface area contributed by atoms with Gasteiger partial charge in [0.2, 0.25) is 0 Å². The largest absolute Gasteiger partial charge is 0.487 e. The molecule has 2 aromatic rings. The number of halogens is 1. The topological polar surface area (TPSA) is 47.6 Å². The number of ether oxygens (including phenoxy) is 2. The molecule has 0 saturated heterocycles. The van der Waals surface area contributed by atoms with Gasteiger partial charge in [-0.1, -0.05) is 25.1 Å². The molecule has 2 aromatic carbocycles. The molecule has 2 atom stereocenters. The Morgan fingerprint density at radius 1 is 1.27 bits per heavy atom. The quantitative estimate of drug-likeness (QED) is 0.863. The van der Waals surface area contributed by atoms with Crippen molar-refractivity contribution in [1.29, 1.82) is 0 Å². The zero-order chi connectivity index (χ0) is 18.7. The first-order valence-corrected chi connectivity index (χ1v) is 8.88.